The summed E-state index contributed by atoms with van der Waals surface area (Å²) in [5.74, 6) is 0. The van der Waals surface area contributed by atoms with Gasteiger partial charge in [0.1, 0.15) is 0 Å². The Balaban J connectivity index is 3.00. The average molecular weight is 111 g/mol. The molecule has 1 unspecified atom stereocenters. The van der Waals surface area contributed by atoms with Gasteiger partial charge in [0.05, 0.1) is 5.55 Å². The summed E-state index contributed by atoms with van der Waals surface area (Å²) in [5, 5.41) is 4.77. The fourth-order valence-electron chi connectivity index (χ4n) is 0.322. The van der Waals surface area contributed by atoms with Gasteiger partial charge in [-0.05, 0) is 12.0 Å². The zero-order chi connectivity index (χ0) is 5.11. The van der Waals surface area contributed by atoms with Crippen LogP contribution in [0.1, 0.15) is 0 Å². The summed E-state index contributed by atoms with van der Waals surface area (Å²) >= 11 is 0. The monoisotopic (exact) mass is 111 g/mol. The minimum Gasteiger partial charge on any atom is -0.257 e. The van der Waals surface area contributed by atoms with Crippen LogP contribution in [0.15, 0.2) is 23.2 Å². The van der Waals surface area contributed by atoms with Gasteiger partial charge < -0.3 is 0 Å². The summed E-state index contributed by atoms with van der Waals surface area (Å²) < 4.78 is 0. The quantitative estimate of drug-likeness (QED) is 0.418. The van der Waals surface area contributed by atoms with Crippen molar-refractivity contribution in [3.05, 3.63) is 18.2 Å². The van der Waals surface area contributed by atoms with Gasteiger partial charge in [0.25, 0.3) is 0 Å². The maximum atomic E-state index is 3.84. The highest BCUT2D eigenvalue weighted by molar-refractivity contribution is 8.28. The number of rotatable bonds is 0. The number of hydrogen-bond acceptors (Lipinski definition) is 1. The summed E-state index contributed by atoms with van der Waals surface area (Å²) in [6, 6.07) is 0. The molecule has 0 N–H and O–H groups in total. The van der Waals surface area contributed by atoms with E-state index in [4.69, 9.17) is 0 Å². The molecule has 0 bridgehead atoms. The van der Waals surface area contributed by atoms with Crippen LogP contribution in [0.5, 0.6) is 0 Å². The van der Waals surface area contributed by atoms with E-state index in [9.17, 15) is 0 Å². The molecule has 7 heavy (non-hydrogen) atoms. The van der Waals surface area contributed by atoms with Gasteiger partial charge in [-0.2, -0.15) is 0 Å². The van der Waals surface area contributed by atoms with E-state index in [0.717, 1.165) is 0 Å². The second-order valence-electron chi connectivity index (χ2n) is 1.06. The zero-order valence-electron chi connectivity index (χ0n) is 3.79. The van der Waals surface area contributed by atoms with Crippen LogP contribution < -0.4 is 0 Å². The van der Waals surface area contributed by atoms with Gasteiger partial charge in [-0.15, -0.1) is 0 Å². The standard InChI is InChI=1S/C5H5NS/c1-2-7-4-3-6-5-7/h3-5H,1H2. The van der Waals surface area contributed by atoms with Crippen molar-refractivity contribution < 1.29 is 0 Å². The third-order valence-corrected chi connectivity index (χ3v) is 1.73. The van der Waals surface area contributed by atoms with Gasteiger partial charge in [0.2, 0.25) is 0 Å². The van der Waals surface area contributed by atoms with Crippen molar-refractivity contribution in [3.8, 4) is 0 Å². The molecule has 36 valence electrons. The lowest BCUT2D eigenvalue weighted by Gasteiger charge is -1.73. The Hall–Kier alpha value is -0.590. The molecule has 0 saturated carbocycles. The van der Waals surface area contributed by atoms with Crippen LogP contribution in [-0.2, 0) is 0 Å². The lowest BCUT2D eigenvalue weighted by molar-refractivity contribution is 1.65. The first-order chi connectivity index (χ1) is 3.43. The predicted octanol–water partition coefficient (Wildman–Crippen LogP) is 1.36. The fourth-order valence-corrected chi connectivity index (χ4v) is 0.966. The molecule has 1 aliphatic heterocycles. The van der Waals surface area contributed by atoms with Crippen molar-refractivity contribution in [3.63, 3.8) is 0 Å². The Bertz CT molecular complexity index is 159. The van der Waals surface area contributed by atoms with Crippen LogP contribution in [0.3, 0.4) is 0 Å². The van der Waals surface area contributed by atoms with Gasteiger partial charge in [0.15, 0.2) is 0 Å². The molecule has 1 aliphatic rings. The SMILES string of the molecule is C=C=S1C=CN=C1. The Morgan fingerprint density at radius 3 is 2.86 bits per heavy atom. The molecule has 0 saturated heterocycles. The number of hydrogen-bond donors (Lipinski definition) is 0. The maximum Gasteiger partial charge on any atom is 0.0653 e. The summed E-state index contributed by atoms with van der Waals surface area (Å²) in [4.78, 5) is 3.84. The van der Waals surface area contributed by atoms with E-state index in [1.165, 1.54) is 0 Å². The highest BCUT2D eigenvalue weighted by atomic mass is 32.2. The van der Waals surface area contributed by atoms with Crippen molar-refractivity contribution in [2.45, 2.75) is 0 Å². The van der Waals surface area contributed by atoms with Crippen molar-refractivity contribution in [1.29, 1.82) is 0 Å². The molecule has 0 aromatic rings. The molecule has 0 fully saturated rings. The lowest BCUT2D eigenvalue weighted by atomic mass is 11.1. The van der Waals surface area contributed by atoms with Crippen LogP contribution >= 0.6 is 10.5 Å². The van der Waals surface area contributed by atoms with E-state index < -0.39 is 0 Å². The van der Waals surface area contributed by atoms with Gasteiger partial charge in [-0.25, -0.2) is 0 Å². The van der Waals surface area contributed by atoms with E-state index in [1.807, 2.05) is 11.0 Å². The Morgan fingerprint density at radius 2 is 2.57 bits per heavy atom. The van der Waals surface area contributed by atoms with Gasteiger partial charge in [0, 0.05) is 6.20 Å². The highest BCUT2D eigenvalue weighted by Crippen LogP contribution is 2.12. The Labute approximate surface area is 45.0 Å². The lowest BCUT2D eigenvalue weighted by Crippen LogP contribution is -1.52. The van der Waals surface area contributed by atoms with E-state index in [-0.39, 0.29) is 10.5 Å². The van der Waals surface area contributed by atoms with Crippen LogP contribution in [0, 0.1) is 0 Å². The van der Waals surface area contributed by atoms with E-state index in [0.29, 0.717) is 0 Å². The summed E-state index contributed by atoms with van der Waals surface area (Å²) in [7, 11) is 0.0324. The van der Waals surface area contributed by atoms with Crippen LogP contribution in [-0.4, -0.2) is 10.6 Å². The summed E-state index contributed by atoms with van der Waals surface area (Å²) in [6.45, 7) is 3.49. The van der Waals surface area contributed by atoms with Gasteiger partial charge in [-0.3, -0.25) is 4.99 Å². The van der Waals surface area contributed by atoms with Crippen LogP contribution in [0.2, 0.25) is 0 Å². The van der Waals surface area contributed by atoms with E-state index >= 15 is 0 Å². The first-order valence-corrected chi connectivity index (χ1v) is 3.23. The summed E-state index contributed by atoms with van der Waals surface area (Å²) in [5.41, 5.74) is 1.83. The molecule has 0 aromatic carbocycles. The summed E-state index contributed by atoms with van der Waals surface area (Å²) in [6.07, 6.45) is 1.77. The third-order valence-electron chi connectivity index (χ3n) is 0.635. The predicted molar refractivity (Wildman–Crippen MR) is 35.9 cm³/mol. The second-order valence-corrected chi connectivity index (χ2v) is 2.57. The van der Waals surface area contributed by atoms with Crippen molar-refractivity contribution in [2.75, 3.05) is 0 Å². The number of nitrogens with zero attached hydrogens (tertiary/aromatic N) is 1. The van der Waals surface area contributed by atoms with Crippen LogP contribution in [0.4, 0.5) is 0 Å². The normalized spacial score (nSPS) is 25.4. The molecule has 0 spiro atoms. The van der Waals surface area contributed by atoms with Crippen LogP contribution in [0.25, 0.3) is 0 Å². The third kappa shape index (κ3) is 0.889. The molecule has 1 rings (SSSR count). The second kappa shape index (κ2) is 1.92. The van der Waals surface area contributed by atoms with Crippen molar-refractivity contribution in [2.24, 2.45) is 4.99 Å². The fraction of sp³-hybridized carbons (Fsp3) is 0. The number of aliphatic imine (C=N–C) groups is 1. The molecular weight excluding hydrogens is 106 g/mol. The molecule has 0 aromatic heterocycles. The molecule has 1 heterocycles. The smallest absolute Gasteiger partial charge is 0.0653 e. The van der Waals surface area contributed by atoms with Gasteiger partial charge in [-0.1, -0.05) is 15.5 Å². The molecular formula is C5H5NS. The largest absolute Gasteiger partial charge is 0.257 e. The van der Waals surface area contributed by atoms with Crippen molar-refractivity contribution >= 4 is 21.1 Å². The molecule has 1 nitrogen and oxygen atoms in total. The first kappa shape index (κ1) is 4.57. The first-order valence-electron chi connectivity index (χ1n) is 1.88. The molecule has 0 radical (unpaired) electrons. The van der Waals surface area contributed by atoms with Gasteiger partial charge >= 0.3 is 0 Å². The average Bonchev–Trinajstić information content (AvgIpc) is 2.14. The molecule has 2 heteroatoms. The minimum absolute atomic E-state index is 0.0324. The van der Waals surface area contributed by atoms with E-state index in [2.05, 4.69) is 16.6 Å². The van der Waals surface area contributed by atoms with E-state index in [1.54, 1.807) is 6.20 Å². The molecule has 1 atom stereocenters. The maximum absolute atomic E-state index is 3.84. The van der Waals surface area contributed by atoms with Crippen molar-refractivity contribution in [1.82, 2.24) is 0 Å². The topological polar surface area (TPSA) is 12.4 Å². The molecule has 0 aliphatic carbocycles. The highest BCUT2D eigenvalue weighted by Gasteiger charge is 1.83. The molecule has 0 amide bonds. The zero-order valence-corrected chi connectivity index (χ0v) is 4.61. The Kier molecular flexibility index (Phi) is 1.25. The Morgan fingerprint density at radius 1 is 1.71 bits per heavy atom. The minimum atomic E-state index is 0.0324.